The van der Waals surface area contributed by atoms with Crippen LogP contribution in [0.2, 0.25) is 0 Å². The van der Waals surface area contributed by atoms with Crippen molar-refractivity contribution >= 4 is 5.91 Å². The van der Waals surface area contributed by atoms with Crippen LogP contribution in [0.25, 0.3) is 0 Å². The first-order valence-corrected chi connectivity index (χ1v) is 9.80. The number of hydrogen-bond donors (Lipinski definition) is 2. The van der Waals surface area contributed by atoms with Crippen LogP contribution in [-0.2, 0) is 16.6 Å². The van der Waals surface area contributed by atoms with Gasteiger partial charge in [-0.2, -0.15) is 0 Å². The van der Waals surface area contributed by atoms with Crippen molar-refractivity contribution in [1.82, 2.24) is 5.32 Å². The summed E-state index contributed by atoms with van der Waals surface area (Å²) in [5, 5.41) is 12.9. The van der Waals surface area contributed by atoms with E-state index in [1.54, 1.807) is 0 Å². The Morgan fingerprint density at radius 2 is 1.39 bits per heavy atom. The Morgan fingerprint density at radius 3 is 1.89 bits per heavy atom. The summed E-state index contributed by atoms with van der Waals surface area (Å²) in [6.07, 6.45) is 1.41. The summed E-state index contributed by atoms with van der Waals surface area (Å²) in [5.41, 5.74) is 3.17. The van der Waals surface area contributed by atoms with Gasteiger partial charge in [-0.25, -0.2) is 0 Å². The minimum Gasteiger partial charge on any atom is -0.394 e. The lowest BCUT2D eigenvalue weighted by Gasteiger charge is -2.21. The van der Waals surface area contributed by atoms with Crippen LogP contribution >= 0.6 is 0 Å². The van der Waals surface area contributed by atoms with Gasteiger partial charge in [-0.05, 0) is 29.5 Å². The third-order valence-corrected chi connectivity index (χ3v) is 5.75. The van der Waals surface area contributed by atoms with Crippen molar-refractivity contribution < 1.29 is 9.90 Å². The van der Waals surface area contributed by atoms with E-state index in [9.17, 15) is 9.90 Å². The van der Waals surface area contributed by atoms with Gasteiger partial charge in [0.05, 0.1) is 18.6 Å². The van der Waals surface area contributed by atoms with E-state index in [1.807, 2.05) is 66.7 Å². The number of rotatable bonds is 7. The van der Waals surface area contributed by atoms with Crippen LogP contribution in [0.5, 0.6) is 0 Å². The molecule has 0 aromatic heterocycles. The average Bonchev–Trinajstić information content (AvgIpc) is 3.52. The maximum absolute atomic E-state index is 13.1. The zero-order chi connectivity index (χ0) is 19.4. The smallest absolute Gasteiger partial charge is 0.224 e. The van der Waals surface area contributed by atoms with Gasteiger partial charge >= 0.3 is 0 Å². The van der Waals surface area contributed by atoms with Gasteiger partial charge in [0.1, 0.15) is 0 Å². The van der Waals surface area contributed by atoms with Crippen LogP contribution in [0.3, 0.4) is 0 Å². The van der Waals surface area contributed by atoms with Crippen molar-refractivity contribution in [3.63, 3.8) is 0 Å². The monoisotopic (exact) mass is 371 g/mol. The van der Waals surface area contributed by atoms with E-state index in [1.165, 1.54) is 11.1 Å². The largest absolute Gasteiger partial charge is 0.394 e. The number of benzene rings is 3. The minimum absolute atomic E-state index is 0.0164. The molecule has 0 saturated heterocycles. The standard InChI is InChI=1S/C25H25NO2/c27-18-22(16-19-10-4-1-5-11-19)26-24(28)23-17-25(23,20-12-6-2-7-13-20)21-14-8-3-9-15-21/h1-15,22-23,27H,16-18H2,(H,26,28)/t22-,23?/m0/s1. The van der Waals surface area contributed by atoms with Crippen molar-refractivity contribution in [2.45, 2.75) is 24.3 Å². The highest BCUT2D eigenvalue weighted by Crippen LogP contribution is 2.58. The molecule has 0 bridgehead atoms. The molecule has 3 aromatic rings. The molecule has 4 rings (SSSR count). The van der Waals surface area contributed by atoms with Gasteiger partial charge in [-0.3, -0.25) is 4.79 Å². The van der Waals surface area contributed by atoms with Gasteiger partial charge in [0.2, 0.25) is 5.91 Å². The Labute approximate surface area is 166 Å². The molecule has 0 aliphatic heterocycles. The maximum Gasteiger partial charge on any atom is 0.224 e. The summed E-state index contributed by atoms with van der Waals surface area (Å²) in [7, 11) is 0. The summed E-state index contributed by atoms with van der Waals surface area (Å²) < 4.78 is 0. The molecule has 0 spiro atoms. The molecule has 142 valence electrons. The highest BCUT2D eigenvalue weighted by Gasteiger charge is 2.60. The molecular weight excluding hydrogens is 346 g/mol. The number of hydrogen-bond acceptors (Lipinski definition) is 2. The fourth-order valence-electron chi connectivity index (χ4n) is 4.22. The van der Waals surface area contributed by atoms with E-state index < -0.39 is 0 Å². The molecule has 3 nitrogen and oxygen atoms in total. The third-order valence-electron chi connectivity index (χ3n) is 5.75. The van der Waals surface area contributed by atoms with Gasteiger partial charge in [0, 0.05) is 5.41 Å². The quantitative estimate of drug-likeness (QED) is 0.665. The maximum atomic E-state index is 13.1. The second-order valence-electron chi connectivity index (χ2n) is 7.54. The fourth-order valence-corrected chi connectivity index (χ4v) is 4.22. The van der Waals surface area contributed by atoms with E-state index in [-0.39, 0.29) is 29.9 Å². The van der Waals surface area contributed by atoms with Crippen LogP contribution in [0, 0.1) is 5.92 Å². The van der Waals surface area contributed by atoms with Crippen molar-refractivity contribution in [3.8, 4) is 0 Å². The van der Waals surface area contributed by atoms with Crippen LogP contribution in [-0.4, -0.2) is 23.7 Å². The normalized spacial score (nSPS) is 18.2. The molecule has 0 heterocycles. The number of carbonyl (C=O) groups is 1. The van der Waals surface area contributed by atoms with Crippen LogP contribution in [0.1, 0.15) is 23.1 Å². The molecule has 0 radical (unpaired) electrons. The van der Waals surface area contributed by atoms with E-state index in [0.717, 1.165) is 12.0 Å². The molecule has 1 aliphatic carbocycles. The van der Waals surface area contributed by atoms with Crippen LogP contribution < -0.4 is 5.32 Å². The third kappa shape index (κ3) is 3.58. The molecule has 1 saturated carbocycles. The highest BCUT2D eigenvalue weighted by molar-refractivity contribution is 5.86. The molecule has 1 fully saturated rings. The second kappa shape index (κ2) is 7.99. The molecular formula is C25H25NO2. The molecule has 2 atom stereocenters. The molecule has 1 amide bonds. The first kappa shape index (κ1) is 18.5. The van der Waals surface area contributed by atoms with Crippen molar-refractivity contribution in [2.75, 3.05) is 6.61 Å². The summed E-state index contributed by atoms with van der Waals surface area (Å²) in [6, 6.07) is 30.2. The lowest BCUT2D eigenvalue weighted by molar-refractivity contribution is -0.123. The van der Waals surface area contributed by atoms with Crippen molar-refractivity contribution in [2.24, 2.45) is 5.92 Å². The minimum atomic E-state index is -0.278. The Hall–Kier alpha value is -2.91. The first-order valence-electron chi connectivity index (χ1n) is 9.80. The summed E-state index contributed by atoms with van der Waals surface area (Å²) in [4.78, 5) is 13.1. The molecule has 3 heteroatoms. The Kier molecular flexibility index (Phi) is 5.27. The zero-order valence-electron chi connectivity index (χ0n) is 15.8. The molecule has 1 unspecified atom stereocenters. The average molecular weight is 371 g/mol. The second-order valence-corrected chi connectivity index (χ2v) is 7.54. The van der Waals surface area contributed by atoms with E-state index in [0.29, 0.717) is 6.42 Å². The topological polar surface area (TPSA) is 49.3 Å². The number of carbonyl (C=O) groups excluding carboxylic acids is 1. The highest BCUT2D eigenvalue weighted by atomic mass is 16.3. The number of aliphatic hydroxyl groups is 1. The predicted molar refractivity (Wildman–Crippen MR) is 111 cm³/mol. The van der Waals surface area contributed by atoms with E-state index >= 15 is 0 Å². The molecule has 1 aliphatic rings. The molecule has 3 aromatic carbocycles. The lowest BCUT2D eigenvalue weighted by Crippen LogP contribution is -2.41. The lowest BCUT2D eigenvalue weighted by atomic mass is 9.85. The van der Waals surface area contributed by atoms with Crippen molar-refractivity contribution in [3.05, 3.63) is 108 Å². The van der Waals surface area contributed by atoms with Crippen LogP contribution in [0.4, 0.5) is 0 Å². The molecule has 2 N–H and O–H groups in total. The van der Waals surface area contributed by atoms with E-state index in [2.05, 4.69) is 29.6 Å². The van der Waals surface area contributed by atoms with Gasteiger partial charge in [0.25, 0.3) is 0 Å². The Balaban J connectivity index is 1.54. The predicted octanol–water partition coefficient (Wildman–Crippen LogP) is 3.71. The van der Waals surface area contributed by atoms with E-state index in [4.69, 9.17) is 0 Å². The number of nitrogens with one attached hydrogen (secondary N) is 1. The van der Waals surface area contributed by atoms with Gasteiger partial charge in [-0.1, -0.05) is 91.0 Å². The number of amides is 1. The summed E-state index contributed by atoms with van der Waals surface area (Å²) in [5.74, 6) is -0.107. The van der Waals surface area contributed by atoms with Crippen LogP contribution in [0.15, 0.2) is 91.0 Å². The van der Waals surface area contributed by atoms with Gasteiger partial charge in [0.15, 0.2) is 0 Å². The Morgan fingerprint density at radius 1 is 0.893 bits per heavy atom. The number of aliphatic hydroxyl groups excluding tert-OH is 1. The zero-order valence-corrected chi connectivity index (χ0v) is 15.8. The van der Waals surface area contributed by atoms with Gasteiger partial charge < -0.3 is 10.4 Å². The summed E-state index contributed by atoms with van der Waals surface area (Å²) in [6.45, 7) is -0.0724. The first-order chi connectivity index (χ1) is 13.7. The van der Waals surface area contributed by atoms with Gasteiger partial charge in [-0.15, -0.1) is 0 Å². The Bertz CT molecular complexity index is 870. The SMILES string of the molecule is O=C(N[C@H](CO)Cc1ccccc1)C1CC1(c1ccccc1)c1ccccc1. The van der Waals surface area contributed by atoms with Crippen molar-refractivity contribution in [1.29, 1.82) is 0 Å². The summed E-state index contributed by atoms with van der Waals surface area (Å²) >= 11 is 0. The fraction of sp³-hybridized carbons (Fsp3) is 0.240. The molecule has 28 heavy (non-hydrogen) atoms.